The lowest BCUT2D eigenvalue weighted by atomic mass is 10.4. The third kappa shape index (κ3) is 3.92. The Morgan fingerprint density at radius 1 is 1.69 bits per heavy atom. The summed E-state index contributed by atoms with van der Waals surface area (Å²) in [6, 6.07) is 0. The zero-order valence-corrected chi connectivity index (χ0v) is 10.5. The summed E-state index contributed by atoms with van der Waals surface area (Å²) in [5.74, 6) is 1.09. The summed E-state index contributed by atoms with van der Waals surface area (Å²) in [6.07, 6.45) is -0.161. The van der Waals surface area contributed by atoms with Crippen LogP contribution in [0, 0.1) is 0 Å². The Morgan fingerprint density at radius 3 is 2.94 bits per heavy atom. The Balaban J connectivity index is 2.54. The Labute approximate surface area is 100 Å². The highest BCUT2D eigenvalue weighted by molar-refractivity contribution is 6.29. The molecule has 5 nitrogen and oxygen atoms in total. The van der Waals surface area contributed by atoms with Crippen LogP contribution < -0.4 is 0 Å². The third-order valence-corrected chi connectivity index (χ3v) is 2.17. The maximum Gasteiger partial charge on any atom is 0.240 e. The van der Waals surface area contributed by atoms with E-state index in [-0.39, 0.29) is 6.10 Å². The van der Waals surface area contributed by atoms with E-state index >= 15 is 0 Å². The van der Waals surface area contributed by atoms with Crippen molar-refractivity contribution in [1.29, 1.82) is 0 Å². The number of methoxy groups -OCH3 is 1. The van der Waals surface area contributed by atoms with Gasteiger partial charge in [0.25, 0.3) is 0 Å². The molecule has 6 heteroatoms. The van der Waals surface area contributed by atoms with Crippen LogP contribution in [0.3, 0.4) is 0 Å². The molecule has 1 aromatic rings. The van der Waals surface area contributed by atoms with Crippen LogP contribution in [-0.2, 0) is 11.3 Å². The molecule has 1 aromatic heterocycles. The second-order valence-electron chi connectivity index (χ2n) is 3.61. The minimum atomic E-state index is -0.161. The van der Waals surface area contributed by atoms with E-state index in [2.05, 4.69) is 16.7 Å². The van der Waals surface area contributed by atoms with E-state index in [4.69, 9.17) is 20.9 Å². The largest absolute Gasteiger partial charge is 0.374 e. The van der Waals surface area contributed by atoms with Crippen LogP contribution >= 0.6 is 11.6 Å². The van der Waals surface area contributed by atoms with Crippen LogP contribution in [0.1, 0.15) is 24.7 Å². The fourth-order valence-electron chi connectivity index (χ4n) is 1.18. The lowest BCUT2D eigenvalue weighted by molar-refractivity contribution is 0.109. The number of nitrogens with zero attached hydrogens (tertiary/aromatic N) is 3. The van der Waals surface area contributed by atoms with Gasteiger partial charge in [0.15, 0.2) is 5.82 Å². The molecule has 0 amide bonds. The molecule has 0 aliphatic heterocycles. The Kier molecular flexibility index (Phi) is 4.92. The van der Waals surface area contributed by atoms with Gasteiger partial charge in [0.1, 0.15) is 6.10 Å². The number of ether oxygens (including phenoxy) is 1. The number of halogens is 1. The van der Waals surface area contributed by atoms with Gasteiger partial charge in [-0.1, -0.05) is 23.3 Å². The van der Waals surface area contributed by atoms with E-state index < -0.39 is 0 Å². The molecule has 1 rings (SSSR count). The lowest BCUT2D eigenvalue weighted by Gasteiger charge is -2.12. The van der Waals surface area contributed by atoms with Gasteiger partial charge in [-0.2, -0.15) is 4.98 Å². The van der Waals surface area contributed by atoms with Gasteiger partial charge in [-0.3, -0.25) is 4.90 Å². The Hall–Kier alpha value is -0.910. The van der Waals surface area contributed by atoms with Crippen LogP contribution in [0.5, 0.6) is 0 Å². The molecule has 0 saturated carbocycles. The molecule has 0 saturated heterocycles. The van der Waals surface area contributed by atoms with Gasteiger partial charge in [0.2, 0.25) is 5.89 Å². The van der Waals surface area contributed by atoms with Crippen molar-refractivity contribution in [3.8, 4) is 0 Å². The van der Waals surface area contributed by atoms with Crippen molar-refractivity contribution < 1.29 is 9.26 Å². The SMILES string of the molecule is C=C(Cl)CN(C)Cc1nc([C@H](C)OC)no1. The maximum atomic E-state index is 5.69. The molecule has 0 unspecified atom stereocenters. The third-order valence-electron chi connectivity index (χ3n) is 2.05. The van der Waals surface area contributed by atoms with Crippen LogP contribution in [0.15, 0.2) is 16.1 Å². The molecule has 90 valence electrons. The van der Waals surface area contributed by atoms with Crippen molar-refractivity contribution in [2.45, 2.75) is 19.6 Å². The molecule has 0 aliphatic carbocycles. The topological polar surface area (TPSA) is 51.4 Å². The van der Waals surface area contributed by atoms with Gasteiger partial charge >= 0.3 is 0 Å². The van der Waals surface area contributed by atoms with Crippen LogP contribution in [-0.4, -0.2) is 35.7 Å². The highest BCUT2D eigenvalue weighted by Crippen LogP contribution is 2.12. The normalized spacial score (nSPS) is 13.1. The molecule has 1 atom stereocenters. The molecule has 0 fully saturated rings. The van der Waals surface area contributed by atoms with Gasteiger partial charge in [0.05, 0.1) is 6.54 Å². The standard InChI is InChI=1S/C10H16ClN3O2/c1-7(11)5-14(3)6-9-12-10(13-16-9)8(2)15-4/h8H,1,5-6H2,2-4H3/t8-/m0/s1. The van der Waals surface area contributed by atoms with E-state index in [0.29, 0.717) is 29.8 Å². The van der Waals surface area contributed by atoms with Gasteiger partial charge in [0, 0.05) is 18.7 Å². The lowest BCUT2D eigenvalue weighted by Crippen LogP contribution is -2.19. The Morgan fingerprint density at radius 2 is 2.38 bits per heavy atom. The van der Waals surface area contributed by atoms with Crippen molar-refractivity contribution in [1.82, 2.24) is 15.0 Å². The monoisotopic (exact) mass is 245 g/mol. The second-order valence-corrected chi connectivity index (χ2v) is 4.15. The summed E-state index contributed by atoms with van der Waals surface area (Å²) in [5, 5.41) is 4.40. The molecule has 0 spiro atoms. The van der Waals surface area contributed by atoms with E-state index in [1.807, 2.05) is 18.9 Å². The predicted octanol–water partition coefficient (Wildman–Crippen LogP) is 1.96. The van der Waals surface area contributed by atoms with Crippen LogP contribution in [0.2, 0.25) is 0 Å². The van der Waals surface area contributed by atoms with Gasteiger partial charge < -0.3 is 9.26 Å². The maximum absolute atomic E-state index is 5.69. The summed E-state index contributed by atoms with van der Waals surface area (Å²) in [4.78, 5) is 6.15. The number of likely N-dealkylation sites (N-methyl/N-ethyl adjacent to an activating group) is 1. The van der Waals surface area contributed by atoms with Gasteiger partial charge in [-0.05, 0) is 14.0 Å². The summed E-state index contributed by atoms with van der Waals surface area (Å²) >= 11 is 5.69. The number of rotatable bonds is 6. The average Bonchev–Trinajstić information content (AvgIpc) is 2.63. The Bertz CT molecular complexity index is 354. The molecule has 0 aromatic carbocycles. The molecular weight excluding hydrogens is 230 g/mol. The van der Waals surface area contributed by atoms with Crippen LogP contribution in [0.25, 0.3) is 0 Å². The molecule has 16 heavy (non-hydrogen) atoms. The fraction of sp³-hybridized carbons (Fsp3) is 0.600. The second kappa shape index (κ2) is 5.98. The predicted molar refractivity (Wildman–Crippen MR) is 61.0 cm³/mol. The first kappa shape index (κ1) is 13.2. The fourth-order valence-corrected chi connectivity index (χ4v) is 1.39. The quantitative estimate of drug-likeness (QED) is 0.767. The molecule has 0 radical (unpaired) electrons. The van der Waals surface area contributed by atoms with E-state index in [1.54, 1.807) is 7.11 Å². The minimum absolute atomic E-state index is 0.161. The zero-order valence-electron chi connectivity index (χ0n) is 9.73. The minimum Gasteiger partial charge on any atom is -0.374 e. The number of hydrogen-bond acceptors (Lipinski definition) is 5. The zero-order chi connectivity index (χ0) is 12.1. The van der Waals surface area contributed by atoms with Crippen molar-refractivity contribution in [3.05, 3.63) is 23.3 Å². The molecular formula is C10H16ClN3O2. The first-order chi connectivity index (χ1) is 7.52. The number of aromatic nitrogens is 2. The molecule has 0 N–H and O–H groups in total. The van der Waals surface area contributed by atoms with Crippen LogP contribution in [0.4, 0.5) is 0 Å². The molecule has 1 heterocycles. The summed E-state index contributed by atoms with van der Waals surface area (Å²) < 4.78 is 10.2. The molecule has 0 bridgehead atoms. The molecule has 0 aliphatic rings. The first-order valence-corrected chi connectivity index (χ1v) is 5.27. The summed E-state index contributed by atoms with van der Waals surface area (Å²) in [7, 11) is 3.50. The summed E-state index contributed by atoms with van der Waals surface area (Å²) in [6.45, 7) is 6.60. The smallest absolute Gasteiger partial charge is 0.240 e. The first-order valence-electron chi connectivity index (χ1n) is 4.90. The highest BCUT2D eigenvalue weighted by atomic mass is 35.5. The number of hydrogen-bond donors (Lipinski definition) is 0. The average molecular weight is 246 g/mol. The van der Waals surface area contributed by atoms with E-state index in [0.717, 1.165) is 0 Å². The van der Waals surface area contributed by atoms with E-state index in [9.17, 15) is 0 Å². The van der Waals surface area contributed by atoms with E-state index in [1.165, 1.54) is 0 Å². The van der Waals surface area contributed by atoms with Crippen molar-refractivity contribution in [2.24, 2.45) is 0 Å². The van der Waals surface area contributed by atoms with Crippen molar-refractivity contribution >= 4 is 11.6 Å². The summed E-state index contributed by atoms with van der Waals surface area (Å²) in [5.41, 5.74) is 0. The van der Waals surface area contributed by atoms with Crippen molar-refractivity contribution in [2.75, 3.05) is 20.7 Å². The van der Waals surface area contributed by atoms with Gasteiger partial charge in [-0.25, -0.2) is 0 Å². The van der Waals surface area contributed by atoms with Gasteiger partial charge in [-0.15, -0.1) is 0 Å². The van der Waals surface area contributed by atoms with Crippen molar-refractivity contribution in [3.63, 3.8) is 0 Å². The highest BCUT2D eigenvalue weighted by Gasteiger charge is 2.14.